The molecule has 0 aliphatic rings. The van der Waals surface area contributed by atoms with Gasteiger partial charge in [0.05, 0.1) is 15.2 Å². The van der Waals surface area contributed by atoms with Crippen LogP contribution < -0.4 is 14.8 Å². The van der Waals surface area contributed by atoms with Crippen molar-refractivity contribution in [1.82, 2.24) is 0 Å². The van der Waals surface area contributed by atoms with Gasteiger partial charge in [0, 0.05) is 5.69 Å². The predicted molar refractivity (Wildman–Crippen MR) is 138 cm³/mol. The lowest BCUT2D eigenvalue weighted by Crippen LogP contribution is -2.13. The fourth-order valence-electron chi connectivity index (χ4n) is 2.95. The van der Waals surface area contributed by atoms with Crippen LogP contribution in [-0.2, 0) is 11.4 Å². The second-order valence-corrected chi connectivity index (χ2v) is 8.96. The molecule has 0 spiro atoms. The number of methoxy groups -OCH3 is 1. The van der Waals surface area contributed by atoms with Crippen LogP contribution >= 0.6 is 38.5 Å². The first kappa shape index (κ1) is 23.8. The van der Waals surface area contributed by atoms with Gasteiger partial charge in [-0.3, -0.25) is 4.79 Å². The molecule has 0 heterocycles. The van der Waals surface area contributed by atoms with Crippen molar-refractivity contribution in [2.75, 3.05) is 12.4 Å². The molecule has 0 aliphatic carbocycles. The van der Waals surface area contributed by atoms with Crippen LogP contribution in [0, 0.1) is 21.8 Å². The van der Waals surface area contributed by atoms with Gasteiger partial charge < -0.3 is 14.8 Å². The summed E-state index contributed by atoms with van der Waals surface area (Å²) in [6.07, 6.45) is 1.55. The molecule has 0 atom stereocenters. The van der Waals surface area contributed by atoms with E-state index in [1.807, 2.05) is 43.3 Å². The zero-order valence-corrected chi connectivity index (χ0v) is 21.2. The number of rotatable bonds is 7. The van der Waals surface area contributed by atoms with E-state index in [9.17, 15) is 10.1 Å². The van der Waals surface area contributed by atoms with Gasteiger partial charge in [0.15, 0.2) is 0 Å². The third kappa shape index (κ3) is 6.34. The maximum atomic E-state index is 12.6. The Bertz CT molecular complexity index is 1180. The molecule has 0 saturated carbocycles. The van der Waals surface area contributed by atoms with E-state index in [-0.39, 0.29) is 5.57 Å². The summed E-state index contributed by atoms with van der Waals surface area (Å²) in [5.74, 6) is 0.914. The molecule has 0 bridgehead atoms. The number of nitrogens with zero attached hydrogens (tertiary/aromatic N) is 1. The standard InChI is InChI=1S/C25H20BrIN2O3/c1-16-4-3-5-17(10-16)15-32-24-22(26)12-18(13-23(24)27)11-19(14-28)25(30)29-20-6-8-21(31-2)9-7-20/h3-13H,15H2,1-2H3,(H,29,30)/b19-11-. The number of nitriles is 1. The summed E-state index contributed by atoms with van der Waals surface area (Å²) >= 11 is 5.73. The first-order valence-electron chi connectivity index (χ1n) is 9.64. The van der Waals surface area contributed by atoms with Gasteiger partial charge in [-0.05, 0) is 99.0 Å². The molecule has 0 aliphatic heterocycles. The summed E-state index contributed by atoms with van der Waals surface area (Å²) in [6.45, 7) is 2.49. The summed E-state index contributed by atoms with van der Waals surface area (Å²) in [6, 6.07) is 20.7. The van der Waals surface area contributed by atoms with E-state index in [0.29, 0.717) is 29.4 Å². The van der Waals surface area contributed by atoms with Crippen LogP contribution in [0.15, 0.2) is 70.7 Å². The number of nitrogens with one attached hydrogen (secondary N) is 1. The number of carbonyl (C=O) groups is 1. The van der Waals surface area contributed by atoms with Crippen molar-refractivity contribution in [3.05, 3.63) is 91.0 Å². The minimum atomic E-state index is -0.483. The minimum absolute atomic E-state index is 0.00283. The maximum Gasteiger partial charge on any atom is 0.266 e. The normalized spacial score (nSPS) is 10.9. The quantitative estimate of drug-likeness (QED) is 0.190. The van der Waals surface area contributed by atoms with Gasteiger partial charge in [0.25, 0.3) is 5.91 Å². The van der Waals surface area contributed by atoms with E-state index in [0.717, 1.165) is 13.6 Å². The summed E-state index contributed by atoms with van der Waals surface area (Å²) in [4.78, 5) is 12.6. The minimum Gasteiger partial charge on any atom is -0.497 e. The number of anilines is 1. The summed E-state index contributed by atoms with van der Waals surface area (Å²) < 4.78 is 12.7. The van der Waals surface area contributed by atoms with Gasteiger partial charge >= 0.3 is 0 Å². The summed E-state index contributed by atoms with van der Waals surface area (Å²) in [5.41, 5.74) is 3.55. The van der Waals surface area contributed by atoms with Crippen LogP contribution in [-0.4, -0.2) is 13.0 Å². The van der Waals surface area contributed by atoms with Crippen LogP contribution in [0.2, 0.25) is 0 Å². The third-order valence-corrected chi connectivity index (χ3v) is 5.90. The van der Waals surface area contributed by atoms with Gasteiger partial charge in [-0.2, -0.15) is 5.26 Å². The Kier molecular flexibility index (Phi) is 8.31. The van der Waals surface area contributed by atoms with Crippen LogP contribution in [0.5, 0.6) is 11.5 Å². The average molecular weight is 603 g/mol. The Balaban J connectivity index is 1.75. The zero-order valence-electron chi connectivity index (χ0n) is 17.5. The Hall–Kier alpha value is -2.83. The van der Waals surface area contributed by atoms with E-state index in [1.54, 1.807) is 37.5 Å². The highest BCUT2D eigenvalue weighted by molar-refractivity contribution is 14.1. The van der Waals surface area contributed by atoms with Gasteiger partial charge in [-0.15, -0.1) is 0 Å². The summed E-state index contributed by atoms with van der Waals surface area (Å²) in [7, 11) is 1.57. The lowest BCUT2D eigenvalue weighted by atomic mass is 10.1. The van der Waals surface area contributed by atoms with Gasteiger partial charge in [-0.1, -0.05) is 29.8 Å². The van der Waals surface area contributed by atoms with Crippen molar-refractivity contribution in [2.45, 2.75) is 13.5 Å². The number of aryl methyl sites for hydroxylation is 1. The Labute approximate surface area is 209 Å². The molecule has 0 radical (unpaired) electrons. The zero-order chi connectivity index (χ0) is 23.1. The average Bonchev–Trinajstić information content (AvgIpc) is 2.77. The number of hydrogen-bond donors (Lipinski definition) is 1. The smallest absolute Gasteiger partial charge is 0.266 e. The number of hydrogen-bond acceptors (Lipinski definition) is 4. The third-order valence-electron chi connectivity index (χ3n) is 4.51. The number of amides is 1. The van der Waals surface area contributed by atoms with Crippen molar-refractivity contribution in [3.63, 3.8) is 0 Å². The lowest BCUT2D eigenvalue weighted by molar-refractivity contribution is -0.112. The van der Waals surface area contributed by atoms with Crippen LogP contribution in [0.4, 0.5) is 5.69 Å². The lowest BCUT2D eigenvalue weighted by Gasteiger charge is -2.12. The molecule has 7 heteroatoms. The van der Waals surface area contributed by atoms with Gasteiger partial charge in [0.1, 0.15) is 29.7 Å². The highest BCUT2D eigenvalue weighted by atomic mass is 127. The largest absolute Gasteiger partial charge is 0.497 e. The number of carbonyl (C=O) groups excluding carboxylic acids is 1. The number of ether oxygens (including phenoxy) is 2. The van der Waals surface area contributed by atoms with Crippen molar-refractivity contribution < 1.29 is 14.3 Å². The molecule has 1 amide bonds. The SMILES string of the molecule is COc1ccc(NC(=O)/C(C#N)=C\c2cc(Br)c(OCc3cccc(C)c3)c(I)c2)cc1. The Morgan fingerprint density at radius 3 is 2.56 bits per heavy atom. The van der Waals surface area contributed by atoms with E-state index in [1.165, 1.54) is 5.56 Å². The summed E-state index contributed by atoms with van der Waals surface area (Å²) in [5, 5.41) is 12.2. The van der Waals surface area contributed by atoms with Gasteiger partial charge in [-0.25, -0.2) is 0 Å². The second kappa shape index (κ2) is 11.2. The van der Waals surface area contributed by atoms with Crippen LogP contribution in [0.3, 0.4) is 0 Å². The molecule has 0 fully saturated rings. The molecule has 1 N–H and O–H groups in total. The monoisotopic (exact) mass is 602 g/mol. The van der Waals surface area contributed by atoms with Crippen molar-refractivity contribution >= 4 is 56.2 Å². The number of benzene rings is 3. The Morgan fingerprint density at radius 2 is 1.94 bits per heavy atom. The fourth-order valence-corrected chi connectivity index (χ4v) is 4.72. The molecule has 5 nitrogen and oxygen atoms in total. The molecular formula is C25H20BrIN2O3. The molecule has 0 unspecified atom stereocenters. The highest BCUT2D eigenvalue weighted by Gasteiger charge is 2.13. The fraction of sp³-hybridized carbons (Fsp3) is 0.120. The molecule has 0 saturated heterocycles. The van der Waals surface area contributed by atoms with Crippen molar-refractivity contribution in [1.29, 1.82) is 5.26 Å². The molecule has 32 heavy (non-hydrogen) atoms. The molecule has 162 valence electrons. The molecule has 3 aromatic carbocycles. The molecule has 3 aromatic rings. The van der Waals surface area contributed by atoms with Gasteiger partial charge in [0.2, 0.25) is 0 Å². The van der Waals surface area contributed by atoms with E-state index in [2.05, 4.69) is 49.9 Å². The predicted octanol–water partition coefficient (Wildman–Crippen LogP) is 6.50. The maximum absolute atomic E-state index is 12.6. The van der Waals surface area contributed by atoms with E-state index >= 15 is 0 Å². The van der Waals surface area contributed by atoms with Crippen LogP contribution in [0.25, 0.3) is 6.08 Å². The molecule has 3 rings (SSSR count). The first-order chi connectivity index (χ1) is 15.4. The highest BCUT2D eigenvalue weighted by Crippen LogP contribution is 2.33. The first-order valence-corrected chi connectivity index (χ1v) is 11.5. The van der Waals surface area contributed by atoms with Crippen LogP contribution in [0.1, 0.15) is 16.7 Å². The molecular weight excluding hydrogens is 583 g/mol. The van der Waals surface area contributed by atoms with E-state index < -0.39 is 5.91 Å². The van der Waals surface area contributed by atoms with Crippen molar-refractivity contribution in [3.8, 4) is 17.6 Å². The van der Waals surface area contributed by atoms with E-state index in [4.69, 9.17) is 9.47 Å². The van der Waals surface area contributed by atoms with Crippen molar-refractivity contribution in [2.24, 2.45) is 0 Å². The Morgan fingerprint density at radius 1 is 1.19 bits per heavy atom. The topological polar surface area (TPSA) is 71.3 Å². The number of halogens is 2. The molecule has 0 aromatic heterocycles. The second-order valence-electron chi connectivity index (χ2n) is 6.94.